The summed E-state index contributed by atoms with van der Waals surface area (Å²) < 4.78 is 10.9. The van der Waals surface area contributed by atoms with Gasteiger partial charge in [0.15, 0.2) is 0 Å². The molecule has 1 aliphatic rings. The van der Waals surface area contributed by atoms with Crippen LogP contribution >= 0.6 is 0 Å². The van der Waals surface area contributed by atoms with Gasteiger partial charge in [-0.3, -0.25) is 0 Å². The third kappa shape index (κ3) is 2.61. The van der Waals surface area contributed by atoms with E-state index in [1.165, 1.54) is 6.42 Å². The van der Waals surface area contributed by atoms with Crippen molar-refractivity contribution in [1.29, 1.82) is 0 Å². The highest BCUT2D eigenvalue weighted by molar-refractivity contribution is 5.47. The predicted octanol–water partition coefficient (Wildman–Crippen LogP) is 3.11. The second-order valence-corrected chi connectivity index (χ2v) is 4.89. The maximum Gasteiger partial charge on any atom is 0.126 e. The van der Waals surface area contributed by atoms with E-state index in [4.69, 9.17) is 9.47 Å². The van der Waals surface area contributed by atoms with Crippen LogP contribution in [0.1, 0.15) is 43.6 Å². The van der Waals surface area contributed by atoms with E-state index in [2.05, 4.69) is 0 Å². The van der Waals surface area contributed by atoms with E-state index in [0.29, 0.717) is 0 Å². The Balaban J connectivity index is 2.40. The average Bonchev–Trinajstić information content (AvgIpc) is 2.62. The van der Waals surface area contributed by atoms with Crippen LogP contribution in [-0.4, -0.2) is 25.4 Å². The Kier molecular flexibility index (Phi) is 4.48. The highest BCUT2D eigenvalue weighted by Gasteiger charge is 2.28. The molecule has 0 aliphatic heterocycles. The number of rotatable bonds is 3. The lowest BCUT2D eigenvalue weighted by Gasteiger charge is -2.24. The van der Waals surface area contributed by atoms with Crippen LogP contribution in [-0.2, 0) is 0 Å². The molecule has 1 aromatic rings. The van der Waals surface area contributed by atoms with Gasteiger partial charge in [0, 0.05) is 11.5 Å². The molecule has 2 rings (SSSR count). The quantitative estimate of drug-likeness (QED) is 0.838. The Morgan fingerprint density at radius 2 is 1.61 bits per heavy atom. The van der Waals surface area contributed by atoms with Gasteiger partial charge in [-0.2, -0.15) is 0 Å². The van der Waals surface area contributed by atoms with E-state index in [1.807, 2.05) is 18.2 Å². The summed E-state index contributed by atoms with van der Waals surface area (Å²) in [5.41, 5.74) is 1.02. The molecule has 1 fully saturated rings. The van der Waals surface area contributed by atoms with Crippen molar-refractivity contribution in [3.05, 3.63) is 23.8 Å². The fourth-order valence-electron chi connectivity index (χ4n) is 2.87. The van der Waals surface area contributed by atoms with Gasteiger partial charge in [-0.1, -0.05) is 25.3 Å². The number of aliphatic hydroxyl groups excluding tert-OH is 1. The third-order valence-corrected chi connectivity index (χ3v) is 3.82. The predicted molar refractivity (Wildman–Crippen MR) is 71.4 cm³/mol. The summed E-state index contributed by atoms with van der Waals surface area (Å²) in [4.78, 5) is 0. The van der Waals surface area contributed by atoms with Crippen molar-refractivity contribution in [2.45, 2.75) is 44.1 Å². The minimum Gasteiger partial charge on any atom is -0.496 e. The minimum atomic E-state index is -0.294. The Morgan fingerprint density at radius 1 is 1.00 bits per heavy atom. The second kappa shape index (κ2) is 6.10. The molecule has 0 radical (unpaired) electrons. The molecule has 2 unspecified atom stereocenters. The van der Waals surface area contributed by atoms with E-state index in [-0.39, 0.29) is 12.0 Å². The molecule has 0 amide bonds. The maximum absolute atomic E-state index is 10.3. The van der Waals surface area contributed by atoms with Crippen molar-refractivity contribution in [1.82, 2.24) is 0 Å². The first-order valence-electron chi connectivity index (χ1n) is 6.67. The third-order valence-electron chi connectivity index (χ3n) is 3.82. The van der Waals surface area contributed by atoms with Crippen LogP contribution in [0.15, 0.2) is 18.2 Å². The van der Waals surface area contributed by atoms with Crippen LogP contribution in [0.5, 0.6) is 11.5 Å². The lowest BCUT2D eigenvalue weighted by Crippen LogP contribution is -2.18. The standard InChI is InChI=1S/C15H22O3/c1-17-13-9-6-10-14(18-2)15(13)11-7-4-3-5-8-12(11)16/h6,9-12,16H,3-5,7-8H2,1-2H3. The molecule has 3 nitrogen and oxygen atoms in total. The maximum atomic E-state index is 10.3. The van der Waals surface area contributed by atoms with Crippen molar-refractivity contribution < 1.29 is 14.6 Å². The first-order chi connectivity index (χ1) is 8.77. The smallest absolute Gasteiger partial charge is 0.126 e. The summed E-state index contributed by atoms with van der Waals surface area (Å²) in [5.74, 6) is 1.76. The zero-order valence-electron chi connectivity index (χ0n) is 11.2. The van der Waals surface area contributed by atoms with Gasteiger partial charge in [0.25, 0.3) is 0 Å². The van der Waals surface area contributed by atoms with E-state index >= 15 is 0 Å². The number of aliphatic hydroxyl groups is 1. The SMILES string of the molecule is COc1cccc(OC)c1C1CCCCCC1O. The normalized spacial score (nSPS) is 24.4. The molecule has 100 valence electrons. The highest BCUT2D eigenvalue weighted by Crippen LogP contribution is 2.41. The molecule has 1 aromatic carbocycles. The van der Waals surface area contributed by atoms with Crippen LogP contribution in [0.3, 0.4) is 0 Å². The van der Waals surface area contributed by atoms with Gasteiger partial charge < -0.3 is 14.6 Å². The largest absolute Gasteiger partial charge is 0.496 e. The van der Waals surface area contributed by atoms with Crippen molar-refractivity contribution in [2.24, 2.45) is 0 Å². The summed E-state index contributed by atoms with van der Waals surface area (Å²) in [5, 5.41) is 10.3. The van der Waals surface area contributed by atoms with E-state index in [9.17, 15) is 5.11 Å². The van der Waals surface area contributed by atoms with Gasteiger partial charge in [0.2, 0.25) is 0 Å². The van der Waals surface area contributed by atoms with Gasteiger partial charge in [-0.15, -0.1) is 0 Å². The van der Waals surface area contributed by atoms with Crippen molar-refractivity contribution in [2.75, 3.05) is 14.2 Å². The summed E-state index contributed by atoms with van der Waals surface area (Å²) >= 11 is 0. The fraction of sp³-hybridized carbons (Fsp3) is 0.600. The van der Waals surface area contributed by atoms with Crippen LogP contribution < -0.4 is 9.47 Å². The average molecular weight is 250 g/mol. The lowest BCUT2D eigenvalue weighted by molar-refractivity contribution is 0.132. The van der Waals surface area contributed by atoms with Crippen molar-refractivity contribution >= 4 is 0 Å². The van der Waals surface area contributed by atoms with E-state index in [0.717, 1.165) is 42.7 Å². The number of methoxy groups -OCH3 is 2. The van der Waals surface area contributed by atoms with Gasteiger partial charge in [0.1, 0.15) is 11.5 Å². The molecule has 3 heteroatoms. The summed E-state index contributed by atoms with van der Waals surface area (Å²) in [6.07, 6.45) is 5.03. The molecule has 1 aliphatic carbocycles. The molecular formula is C15H22O3. The highest BCUT2D eigenvalue weighted by atomic mass is 16.5. The van der Waals surface area contributed by atoms with E-state index < -0.39 is 0 Å². The Hall–Kier alpha value is -1.22. The van der Waals surface area contributed by atoms with E-state index in [1.54, 1.807) is 14.2 Å². The van der Waals surface area contributed by atoms with Gasteiger partial charge in [-0.25, -0.2) is 0 Å². The van der Waals surface area contributed by atoms with Gasteiger partial charge >= 0.3 is 0 Å². The summed E-state index contributed by atoms with van der Waals surface area (Å²) in [6, 6.07) is 5.80. The molecular weight excluding hydrogens is 228 g/mol. The summed E-state index contributed by atoms with van der Waals surface area (Å²) in [6.45, 7) is 0. The second-order valence-electron chi connectivity index (χ2n) is 4.89. The van der Waals surface area contributed by atoms with Gasteiger partial charge in [0.05, 0.1) is 20.3 Å². The van der Waals surface area contributed by atoms with Crippen molar-refractivity contribution in [3.63, 3.8) is 0 Å². The molecule has 0 heterocycles. The molecule has 1 saturated carbocycles. The summed E-state index contributed by atoms with van der Waals surface area (Å²) in [7, 11) is 3.34. The zero-order chi connectivity index (χ0) is 13.0. The van der Waals surface area contributed by atoms with Crippen LogP contribution in [0.2, 0.25) is 0 Å². The molecule has 0 spiro atoms. The number of hydrogen-bond acceptors (Lipinski definition) is 3. The van der Waals surface area contributed by atoms with Gasteiger partial charge in [-0.05, 0) is 25.0 Å². The number of benzene rings is 1. The number of ether oxygens (including phenoxy) is 2. The van der Waals surface area contributed by atoms with Crippen LogP contribution in [0.4, 0.5) is 0 Å². The Bertz CT molecular complexity index is 367. The lowest BCUT2D eigenvalue weighted by atomic mass is 9.88. The van der Waals surface area contributed by atoms with Crippen molar-refractivity contribution in [3.8, 4) is 11.5 Å². The molecule has 2 atom stereocenters. The fourth-order valence-corrected chi connectivity index (χ4v) is 2.87. The molecule has 18 heavy (non-hydrogen) atoms. The number of hydrogen-bond donors (Lipinski definition) is 1. The zero-order valence-corrected chi connectivity index (χ0v) is 11.2. The molecule has 1 N–H and O–H groups in total. The monoisotopic (exact) mass is 250 g/mol. The molecule has 0 aromatic heterocycles. The Labute approximate surface area is 109 Å². The topological polar surface area (TPSA) is 38.7 Å². The first-order valence-corrected chi connectivity index (χ1v) is 6.67. The minimum absolute atomic E-state index is 0.124. The van der Waals surface area contributed by atoms with Crippen LogP contribution in [0, 0.1) is 0 Å². The van der Waals surface area contributed by atoms with Crippen LogP contribution in [0.25, 0.3) is 0 Å². The first kappa shape index (κ1) is 13.2. The molecule has 0 bridgehead atoms. The Morgan fingerprint density at radius 3 is 2.22 bits per heavy atom. The molecule has 0 saturated heterocycles.